The van der Waals surface area contributed by atoms with Crippen LogP contribution in [0, 0.1) is 5.92 Å². The second-order valence-corrected chi connectivity index (χ2v) is 5.22. The largest absolute Gasteiger partial charge is 0.343 e. The molecule has 0 N–H and O–H groups in total. The van der Waals surface area contributed by atoms with Crippen LogP contribution in [0.15, 0.2) is 35.7 Å². The summed E-state index contributed by atoms with van der Waals surface area (Å²) in [6.45, 7) is 10.5. The Hall–Kier alpha value is -1.38. The first-order chi connectivity index (χ1) is 8.95. The number of amides is 1. The summed E-state index contributed by atoms with van der Waals surface area (Å²) in [5.74, 6) is 0.124. The number of nitrogens with zero attached hydrogens (tertiary/aromatic N) is 1. The van der Waals surface area contributed by atoms with Crippen molar-refractivity contribution in [3.8, 4) is 0 Å². The van der Waals surface area contributed by atoms with Gasteiger partial charge in [-0.05, 0) is 44.6 Å². The Labute approximate surface area is 115 Å². The Morgan fingerprint density at radius 1 is 1.32 bits per heavy atom. The average Bonchev–Trinajstić information content (AvgIpc) is 2.60. The first-order valence-corrected chi connectivity index (χ1v) is 6.90. The number of halogens is 1. The van der Waals surface area contributed by atoms with Gasteiger partial charge in [-0.25, -0.2) is 4.39 Å². The fourth-order valence-corrected chi connectivity index (χ4v) is 2.54. The SMILES string of the molecule is C=C(C)/C=C(\C(F)=CC)C1CCCN(C(C)=O)CC1. The van der Waals surface area contributed by atoms with Gasteiger partial charge in [0.05, 0.1) is 0 Å². The molecule has 1 amide bonds. The van der Waals surface area contributed by atoms with Crippen LogP contribution in [0.5, 0.6) is 0 Å². The van der Waals surface area contributed by atoms with E-state index in [9.17, 15) is 9.18 Å². The Balaban J connectivity index is 2.87. The van der Waals surface area contributed by atoms with Gasteiger partial charge in [0, 0.05) is 20.0 Å². The van der Waals surface area contributed by atoms with Crippen molar-refractivity contribution in [2.24, 2.45) is 5.92 Å². The van der Waals surface area contributed by atoms with Crippen molar-refractivity contribution in [2.75, 3.05) is 13.1 Å². The van der Waals surface area contributed by atoms with E-state index in [4.69, 9.17) is 0 Å². The van der Waals surface area contributed by atoms with Gasteiger partial charge in [0.25, 0.3) is 0 Å². The van der Waals surface area contributed by atoms with Crippen molar-refractivity contribution < 1.29 is 9.18 Å². The molecule has 0 aromatic carbocycles. The van der Waals surface area contributed by atoms with Crippen molar-refractivity contribution in [3.63, 3.8) is 0 Å². The molecule has 1 aliphatic heterocycles. The zero-order valence-electron chi connectivity index (χ0n) is 12.2. The van der Waals surface area contributed by atoms with Gasteiger partial charge in [0.15, 0.2) is 0 Å². The van der Waals surface area contributed by atoms with Crippen LogP contribution in [0.25, 0.3) is 0 Å². The molecule has 0 radical (unpaired) electrons. The summed E-state index contributed by atoms with van der Waals surface area (Å²) in [5, 5.41) is 0. The number of hydrogen-bond donors (Lipinski definition) is 0. The molecule has 1 unspecified atom stereocenters. The third kappa shape index (κ3) is 4.66. The van der Waals surface area contributed by atoms with Crippen LogP contribution in [-0.2, 0) is 4.79 Å². The standard InChI is InChI=1S/C16H24FNO/c1-5-16(17)15(11-12(2)3)14-7-6-9-18(10-8-14)13(4)19/h5,11,14H,2,6-10H2,1,3-4H3/b15-11-,16-5?. The maximum absolute atomic E-state index is 14.0. The molecular weight excluding hydrogens is 241 g/mol. The fourth-order valence-electron chi connectivity index (χ4n) is 2.54. The van der Waals surface area contributed by atoms with Crippen LogP contribution in [0.1, 0.15) is 40.0 Å². The highest BCUT2D eigenvalue weighted by molar-refractivity contribution is 5.73. The average molecular weight is 265 g/mol. The van der Waals surface area contributed by atoms with E-state index in [0.29, 0.717) is 6.54 Å². The van der Waals surface area contributed by atoms with Crippen molar-refractivity contribution >= 4 is 5.91 Å². The van der Waals surface area contributed by atoms with Gasteiger partial charge in [0.2, 0.25) is 5.91 Å². The molecule has 1 saturated heterocycles. The molecule has 106 valence electrons. The third-order valence-corrected chi connectivity index (χ3v) is 3.54. The van der Waals surface area contributed by atoms with Crippen molar-refractivity contribution in [2.45, 2.75) is 40.0 Å². The maximum Gasteiger partial charge on any atom is 0.219 e. The van der Waals surface area contributed by atoms with E-state index in [2.05, 4.69) is 6.58 Å². The number of rotatable bonds is 3. The van der Waals surface area contributed by atoms with Gasteiger partial charge >= 0.3 is 0 Å². The summed E-state index contributed by atoms with van der Waals surface area (Å²) < 4.78 is 14.0. The lowest BCUT2D eigenvalue weighted by molar-refractivity contribution is -0.128. The van der Waals surface area contributed by atoms with E-state index in [1.54, 1.807) is 13.8 Å². The first kappa shape index (κ1) is 15.7. The zero-order valence-corrected chi connectivity index (χ0v) is 12.2. The van der Waals surface area contributed by atoms with Crippen LogP contribution in [-0.4, -0.2) is 23.9 Å². The molecule has 1 fully saturated rings. The highest BCUT2D eigenvalue weighted by Gasteiger charge is 2.23. The molecule has 1 rings (SSSR count). The minimum atomic E-state index is -0.163. The summed E-state index contributed by atoms with van der Waals surface area (Å²) in [4.78, 5) is 13.3. The number of likely N-dealkylation sites (tertiary alicyclic amines) is 1. The van der Waals surface area contributed by atoms with Crippen LogP contribution >= 0.6 is 0 Å². The van der Waals surface area contributed by atoms with E-state index in [1.165, 1.54) is 6.08 Å². The zero-order chi connectivity index (χ0) is 14.4. The van der Waals surface area contributed by atoms with Gasteiger partial charge in [-0.2, -0.15) is 0 Å². The monoisotopic (exact) mass is 265 g/mol. The Kier molecular flexibility index (Phi) is 6.00. The van der Waals surface area contributed by atoms with Gasteiger partial charge in [-0.1, -0.05) is 24.3 Å². The minimum absolute atomic E-state index is 0.109. The molecule has 0 aromatic heterocycles. The van der Waals surface area contributed by atoms with E-state index in [-0.39, 0.29) is 17.7 Å². The molecule has 2 nitrogen and oxygen atoms in total. The molecular formula is C16H24FNO. The fraction of sp³-hybridized carbons (Fsp3) is 0.562. The maximum atomic E-state index is 14.0. The molecule has 0 aromatic rings. The predicted octanol–water partition coefficient (Wildman–Crippen LogP) is 4.01. The number of carbonyl (C=O) groups is 1. The molecule has 0 aliphatic carbocycles. The molecule has 19 heavy (non-hydrogen) atoms. The van der Waals surface area contributed by atoms with E-state index >= 15 is 0 Å². The highest BCUT2D eigenvalue weighted by Crippen LogP contribution is 2.31. The lowest BCUT2D eigenvalue weighted by Crippen LogP contribution is -2.29. The Morgan fingerprint density at radius 2 is 2.00 bits per heavy atom. The van der Waals surface area contributed by atoms with Crippen LogP contribution in [0.3, 0.4) is 0 Å². The molecule has 1 aliphatic rings. The topological polar surface area (TPSA) is 20.3 Å². The van der Waals surface area contributed by atoms with E-state index in [1.807, 2.05) is 17.9 Å². The third-order valence-electron chi connectivity index (χ3n) is 3.54. The van der Waals surface area contributed by atoms with Gasteiger partial charge in [-0.3, -0.25) is 4.79 Å². The summed E-state index contributed by atoms with van der Waals surface area (Å²) in [6.07, 6.45) is 6.00. The molecule has 1 heterocycles. The number of carbonyl (C=O) groups excluding carboxylic acids is 1. The normalized spacial score (nSPS) is 22.1. The highest BCUT2D eigenvalue weighted by atomic mass is 19.1. The second-order valence-electron chi connectivity index (χ2n) is 5.22. The lowest BCUT2D eigenvalue weighted by Gasteiger charge is -2.19. The first-order valence-electron chi connectivity index (χ1n) is 6.90. The molecule has 3 heteroatoms. The van der Waals surface area contributed by atoms with E-state index < -0.39 is 0 Å². The van der Waals surface area contributed by atoms with Crippen LogP contribution in [0.2, 0.25) is 0 Å². The quantitative estimate of drug-likeness (QED) is 0.706. The predicted molar refractivity (Wildman–Crippen MR) is 77.4 cm³/mol. The summed E-state index contributed by atoms with van der Waals surface area (Å²) in [5.41, 5.74) is 1.60. The number of hydrogen-bond acceptors (Lipinski definition) is 1. The van der Waals surface area contributed by atoms with E-state index in [0.717, 1.165) is 37.0 Å². The summed E-state index contributed by atoms with van der Waals surface area (Å²) >= 11 is 0. The Bertz CT molecular complexity index is 409. The van der Waals surface area contributed by atoms with Gasteiger partial charge in [0.1, 0.15) is 5.83 Å². The number of allylic oxidation sites excluding steroid dienone is 5. The van der Waals surface area contributed by atoms with Gasteiger partial charge in [-0.15, -0.1) is 0 Å². The molecule has 0 saturated carbocycles. The van der Waals surface area contributed by atoms with Crippen LogP contribution in [0.4, 0.5) is 4.39 Å². The molecule has 1 atom stereocenters. The molecule has 0 spiro atoms. The minimum Gasteiger partial charge on any atom is -0.343 e. The smallest absolute Gasteiger partial charge is 0.219 e. The van der Waals surface area contributed by atoms with Crippen LogP contribution < -0.4 is 0 Å². The molecule has 0 bridgehead atoms. The summed E-state index contributed by atoms with van der Waals surface area (Å²) in [6, 6.07) is 0. The lowest BCUT2D eigenvalue weighted by atomic mass is 9.89. The van der Waals surface area contributed by atoms with Crippen molar-refractivity contribution in [1.29, 1.82) is 0 Å². The van der Waals surface area contributed by atoms with Crippen molar-refractivity contribution in [1.82, 2.24) is 4.90 Å². The second kappa shape index (κ2) is 7.27. The van der Waals surface area contributed by atoms with Crippen molar-refractivity contribution in [3.05, 3.63) is 35.7 Å². The Morgan fingerprint density at radius 3 is 2.53 bits per heavy atom. The summed E-state index contributed by atoms with van der Waals surface area (Å²) in [7, 11) is 0. The van der Waals surface area contributed by atoms with Gasteiger partial charge < -0.3 is 4.90 Å².